The first-order valence-corrected chi connectivity index (χ1v) is 11.5. The molecule has 1 heterocycles. The van der Waals surface area contributed by atoms with Crippen LogP contribution < -0.4 is 20.1 Å². The molecule has 2 N–H and O–H groups in total. The average Bonchev–Trinajstić information content (AvgIpc) is 2.82. The number of nitrogens with zero attached hydrogens (tertiary/aromatic N) is 3. The number of allylic oxidation sites excluding steroid dienone is 3. The van der Waals surface area contributed by atoms with Crippen LogP contribution in [0.3, 0.4) is 0 Å². The second kappa shape index (κ2) is 9.04. The van der Waals surface area contributed by atoms with Crippen molar-refractivity contribution < 1.29 is 19.2 Å². The monoisotopic (exact) mass is 488 g/mol. The van der Waals surface area contributed by atoms with Gasteiger partial charge < -0.3 is 15.2 Å². The van der Waals surface area contributed by atoms with E-state index in [4.69, 9.17) is 15.2 Å². The molecule has 2 aliphatic rings. The number of nitro benzene ring substituents is 1. The summed E-state index contributed by atoms with van der Waals surface area (Å²) in [6.07, 6.45) is 0.801. The van der Waals surface area contributed by atoms with E-state index >= 15 is 0 Å². The molecule has 0 fully saturated rings. The molecular weight excluding hydrogens is 460 g/mol. The molecule has 4 rings (SSSR count). The predicted octanol–water partition coefficient (Wildman–Crippen LogP) is 4.86. The number of nitro groups is 1. The number of ketones is 1. The van der Waals surface area contributed by atoms with Crippen molar-refractivity contribution in [1.82, 2.24) is 0 Å². The Morgan fingerprint density at radius 3 is 2.44 bits per heavy atom. The van der Waals surface area contributed by atoms with Gasteiger partial charge in [0, 0.05) is 29.8 Å². The van der Waals surface area contributed by atoms with Crippen LogP contribution in [0, 0.1) is 33.8 Å². The number of nitrogens with two attached hydrogens (primary N) is 1. The molecule has 1 atom stereocenters. The molecule has 0 spiro atoms. The summed E-state index contributed by atoms with van der Waals surface area (Å²) < 4.78 is 10.8. The fraction of sp³-hybridized carbons (Fsp3) is 0.333. The van der Waals surface area contributed by atoms with Gasteiger partial charge >= 0.3 is 0 Å². The highest BCUT2D eigenvalue weighted by molar-refractivity contribution is 6.01. The molecule has 9 nitrogen and oxygen atoms in total. The van der Waals surface area contributed by atoms with Gasteiger partial charge in [-0.05, 0) is 42.0 Å². The lowest BCUT2D eigenvalue weighted by molar-refractivity contribution is -0.384. The van der Waals surface area contributed by atoms with E-state index in [0.29, 0.717) is 46.9 Å². The molecule has 9 heteroatoms. The van der Waals surface area contributed by atoms with Gasteiger partial charge in [-0.25, -0.2) is 0 Å². The van der Waals surface area contributed by atoms with Crippen LogP contribution in [0.4, 0.5) is 11.4 Å². The maximum Gasteiger partial charge on any atom is 0.271 e. The standard InChI is InChI=1S/C27H28N4O5/c1-15-6-8-17(31(33)34)11-19(15)30-20-12-27(2,3)13-21(32)25(20)24(18(14-28)26(30)29)16-7-9-22(35-4)23(10-16)36-5/h6-11,24H,12-13,29H2,1-5H3. The number of carbonyl (C=O) groups excluding carboxylic acids is 1. The van der Waals surface area contributed by atoms with E-state index in [1.807, 2.05) is 20.8 Å². The average molecular weight is 489 g/mol. The van der Waals surface area contributed by atoms with Crippen LogP contribution in [0.1, 0.15) is 43.7 Å². The van der Waals surface area contributed by atoms with Crippen LogP contribution in [-0.4, -0.2) is 24.9 Å². The van der Waals surface area contributed by atoms with Crippen LogP contribution in [0.2, 0.25) is 0 Å². The number of nitriles is 1. The van der Waals surface area contributed by atoms with Gasteiger partial charge in [0.1, 0.15) is 5.82 Å². The zero-order valence-corrected chi connectivity index (χ0v) is 20.9. The van der Waals surface area contributed by atoms with Crippen LogP contribution in [0.5, 0.6) is 11.5 Å². The van der Waals surface area contributed by atoms with Crippen LogP contribution in [-0.2, 0) is 4.79 Å². The summed E-state index contributed by atoms with van der Waals surface area (Å²) in [4.78, 5) is 26.4. The largest absolute Gasteiger partial charge is 0.493 e. The summed E-state index contributed by atoms with van der Waals surface area (Å²) in [5.74, 6) is 0.336. The molecule has 36 heavy (non-hydrogen) atoms. The third kappa shape index (κ3) is 4.05. The van der Waals surface area contributed by atoms with E-state index in [1.54, 1.807) is 29.2 Å². The molecular formula is C27H28N4O5. The van der Waals surface area contributed by atoms with Crippen molar-refractivity contribution in [2.45, 2.75) is 39.5 Å². The predicted molar refractivity (Wildman–Crippen MR) is 134 cm³/mol. The molecule has 0 saturated carbocycles. The van der Waals surface area contributed by atoms with Crippen molar-refractivity contribution in [2.75, 3.05) is 19.1 Å². The number of aryl methyl sites for hydroxylation is 1. The van der Waals surface area contributed by atoms with E-state index in [9.17, 15) is 20.2 Å². The maximum absolute atomic E-state index is 13.7. The van der Waals surface area contributed by atoms with Gasteiger partial charge in [-0.2, -0.15) is 5.26 Å². The first-order valence-electron chi connectivity index (χ1n) is 11.5. The molecule has 0 saturated heterocycles. The molecule has 0 amide bonds. The highest BCUT2D eigenvalue weighted by Gasteiger charge is 2.45. The Bertz CT molecular complexity index is 1380. The topological polar surface area (TPSA) is 132 Å². The van der Waals surface area contributed by atoms with Crippen molar-refractivity contribution in [3.8, 4) is 17.6 Å². The van der Waals surface area contributed by atoms with E-state index in [-0.39, 0.29) is 28.3 Å². The molecule has 0 bridgehead atoms. The van der Waals surface area contributed by atoms with Crippen molar-refractivity contribution in [3.05, 3.63) is 80.3 Å². The number of carbonyl (C=O) groups is 1. The number of hydrogen-bond donors (Lipinski definition) is 1. The lowest BCUT2D eigenvalue weighted by atomic mass is 9.68. The summed E-state index contributed by atoms with van der Waals surface area (Å²) in [6, 6.07) is 12.0. The number of ether oxygens (including phenoxy) is 2. The summed E-state index contributed by atoms with van der Waals surface area (Å²) in [5, 5.41) is 21.8. The Balaban J connectivity index is 2.03. The van der Waals surface area contributed by atoms with Crippen LogP contribution in [0.25, 0.3) is 0 Å². The third-order valence-electron chi connectivity index (χ3n) is 6.77. The molecule has 186 valence electrons. The van der Waals surface area contributed by atoms with Gasteiger partial charge in [-0.15, -0.1) is 0 Å². The Kier molecular flexibility index (Phi) is 6.23. The van der Waals surface area contributed by atoms with Crippen molar-refractivity contribution in [1.29, 1.82) is 5.26 Å². The lowest BCUT2D eigenvalue weighted by Gasteiger charge is -2.44. The maximum atomic E-state index is 13.7. The second-order valence-corrected chi connectivity index (χ2v) is 9.82. The van der Waals surface area contributed by atoms with E-state index in [2.05, 4.69) is 6.07 Å². The van der Waals surface area contributed by atoms with Gasteiger partial charge in [-0.1, -0.05) is 26.0 Å². The van der Waals surface area contributed by atoms with Gasteiger partial charge in [0.2, 0.25) is 0 Å². The SMILES string of the molecule is COc1ccc(C2C(C#N)=C(N)N(c3cc([N+](=O)[O-])ccc3C)C3=C2C(=O)CC(C)(C)C3)cc1OC. The summed E-state index contributed by atoms with van der Waals surface area (Å²) >= 11 is 0. The summed E-state index contributed by atoms with van der Waals surface area (Å²) in [6.45, 7) is 5.81. The third-order valence-corrected chi connectivity index (χ3v) is 6.77. The first kappa shape index (κ1) is 24.8. The van der Waals surface area contributed by atoms with Crippen LogP contribution in [0.15, 0.2) is 59.1 Å². The summed E-state index contributed by atoms with van der Waals surface area (Å²) in [5.41, 5.74) is 9.38. The number of hydrogen-bond acceptors (Lipinski definition) is 8. The molecule has 0 aromatic heterocycles. The van der Waals surface area contributed by atoms with Crippen molar-refractivity contribution in [2.24, 2.45) is 11.1 Å². The lowest BCUT2D eigenvalue weighted by Crippen LogP contribution is -2.42. The Labute approximate surface area is 209 Å². The minimum absolute atomic E-state index is 0.0885. The number of anilines is 1. The quantitative estimate of drug-likeness (QED) is 0.466. The van der Waals surface area contributed by atoms with Gasteiger partial charge in [0.15, 0.2) is 17.3 Å². The smallest absolute Gasteiger partial charge is 0.271 e. The number of non-ortho nitro benzene ring substituents is 1. The fourth-order valence-electron chi connectivity index (χ4n) is 5.10. The number of Topliss-reactive ketones (excluding diaryl/α,β-unsaturated/α-hetero) is 1. The highest BCUT2D eigenvalue weighted by atomic mass is 16.6. The Hall–Kier alpha value is -4.32. The minimum atomic E-state index is -0.705. The molecule has 2 aromatic rings. The van der Waals surface area contributed by atoms with E-state index in [0.717, 1.165) is 5.56 Å². The fourth-order valence-corrected chi connectivity index (χ4v) is 5.10. The number of benzene rings is 2. The molecule has 1 aliphatic heterocycles. The van der Waals surface area contributed by atoms with Gasteiger partial charge in [-0.3, -0.25) is 19.8 Å². The first-order chi connectivity index (χ1) is 17.0. The zero-order valence-electron chi connectivity index (χ0n) is 20.9. The number of rotatable bonds is 5. The Morgan fingerprint density at radius 1 is 1.14 bits per heavy atom. The molecule has 0 radical (unpaired) electrons. The molecule has 1 aliphatic carbocycles. The zero-order chi connectivity index (χ0) is 26.4. The van der Waals surface area contributed by atoms with E-state index in [1.165, 1.54) is 26.4 Å². The summed E-state index contributed by atoms with van der Waals surface area (Å²) in [7, 11) is 3.05. The molecule has 1 unspecified atom stereocenters. The highest BCUT2D eigenvalue weighted by Crippen LogP contribution is 2.51. The van der Waals surface area contributed by atoms with Gasteiger partial charge in [0.05, 0.1) is 42.4 Å². The normalized spacial score (nSPS) is 19.1. The van der Waals surface area contributed by atoms with E-state index < -0.39 is 10.8 Å². The van der Waals surface area contributed by atoms with Gasteiger partial charge in [0.25, 0.3) is 5.69 Å². The molecule has 2 aromatic carbocycles. The minimum Gasteiger partial charge on any atom is -0.493 e. The Morgan fingerprint density at radius 2 is 1.83 bits per heavy atom. The van der Waals surface area contributed by atoms with Crippen molar-refractivity contribution >= 4 is 17.2 Å². The van der Waals surface area contributed by atoms with Crippen LogP contribution >= 0.6 is 0 Å². The van der Waals surface area contributed by atoms with Crippen molar-refractivity contribution in [3.63, 3.8) is 0 Å². The second-order valence-electron chi connectivity index (χ2n) is 9.82. The number of methoxy groups -OCH3 is 2.